The standard InChI is InChI=1S/C25H17F3N4/c26-25(27,28)19-10-8-18(9-11-19)24(22-7-2-1-6-21(22)23(29)32-24)20-5-3-4-16(12-20)17-13-30-15-31-14-17/h1-15H,(H2,29,32). The van der Waals surface area contributed by atoms with Gasteiger partial charge in [-0.2, -0.15) is 13.2 Å². The number of aliphatic imine (C=N–C) groups is 1. The molecule has 0 radical (unpaired) electrons. The molecule has 2 N–H and O–H groups in total. The highest BCUT2D eigenvalue weighted by Crippen LogP contribution is 2.47. The molecule has 4 nitrogen and oxygen atoms in total. The molecule has 1 atom stereocenters. The van der Waals surface area contributed by atoms with Gasteiger partial charge in [-0.25, -0.2) is 15.0 Å². The number of aromatic nitrogens is 2. The molecule has 0 saturated carbocycles. The predicted molar refractivity (Wildman–Crippen MR) is 116 cm³/mol. The largest absolute Gasteiger partial charge is 0.416 e. The molecule has 2 heterocycles. The predicted octanol–water partition coefficient (Wildman–Crippen LogP) is 5.17. The molecule has 0 bridgehead atoms. The zero-order valence-corrected chi connectivity index (χ0v) is 16.7. The fourth-order valence-electron chi connectivity index (χ4n) is 4.20. The van der Waals surface area contributed by atoms with Gasteiger partial charge < -0.3 is 5.73 Å². The molecule has 32 heavy (non-hydrogen) atoms. The number of nitrogens with zero attached hydrogens (tertiary/aromatic N) is 3. The Kier molecular flexibility index (Phi) is 4.55. The molecule has 4 aromatic rings. The van der Waals surface area contributed by atoms with Crippen LogP contribution < -0.4 is 5.73 Å². The molecule has 5 rings (SSSR count). The smallest absolute Gasteiger partial charge is 0.383 e. The average molecular weight is 430 g/mol. The van der Waals surface area contributed by atoms with Gasteiger partial charge in [0, 0.05) is 23.5 Å². The molecule has 3 aromatic carbocycles. The van der Waals surface area contributed by atoms with Gasteiger partial charge in [0.2, 0.25) is 0 Å². The van der Waals surface area contributed by atoms with Crippen molar-refractivity contribution in [1.82, 2.24) is 9.97 Å². The van der Waals surface area contributed by atoms with Gasteiger partial charge in [0.15, 0.2) is 0 Å². The minimum atomic E-state index is -4.42. The van der Waals surface area contributed by atoms with E-state index in [0.29, 0.717) is 11.4 Å². The second-order valence-corrected chi connectivity index (χ2v) is 7.54. The summed E-state index contributed by atoms with van der Waals surface area (Å²) in [6.07, 6.45) is 0.443. The number of fused-ring (bicyclic) bond motifs is 1. The maximum atomic E-state index is 13.2. The van der Waals surface area contributed by atoms with E-state index in [1.165, 1.54) is 18.5 Å². The van der Waals surface area contributed by atoms with Crippen LogP contribution in [0.25, 0.3) is 11.1 Å². The first kappa shape index (κ1) is 19.9. The van der Waals surface area contributed by atoms with Gasteiger partial charge in [0.25, 0.3) is 0 Å². The first-order valence-corrected chi connectivity index (χ1v) is 9.88. The Labute approximate surface area is 182 Å². The molecular weight excluding hydrogens is 413 g/mol. The van der Waals surface area contributed by atoms with Crippen molar-refractivity contribution < 1.29 is 13.2 Å². The number of nitrogens with two attached hydrogens (primary N) is 1. The molecular formula is C25H17F3N4. The van der Waals surface area contributed by atoms with Crippen LogP contribution in [0.4, 0.5) is 13.2 Å². The Balaban J connectivity index is 1.75. The second-order valence-electron chi connectivity index (χ2n) is 7.54. The van der Waals surface area contributed by atoms with E-state index in [1.54, 1.807) is 12.4 Å². The third kappa shape index (κ3) is 3.13. The summed E-state index contributed by atoms with van der Waals surface area (Å²) in [5, 5.41) is 0. The maximum absolute atomic E-state index is 13.2. The van der Waals surface area contributed by atoms with Gasteiger partial charge in [-0.3, -0.25) is 0 Å². The van der Waals surface area contributed by atoms with Crippen molar-refractivity contribution in [1.29, 1.82) is 0 Å². The number of halogens is 3. The van der Waals surface area contributed by atoms with Crippen molar-refractivity contribution in [2.75, 3.05) is 0 Å². The van der Waals surface area contributed by atoms with Crippen LogP contribution in [0.3, 0.4) is 0 Å². The van der Waals surface area contributed by atoms with Crippen LogP contribution in [-0.2, 0) is 11.7 Å². The first-order chi connectivity index (χ1) is 15.4. The van der Waals surface area contributed by atoms with Crippen LogP contribution in [0.15, 0.2) is 96.5 Å². The summed E-state index contributed by atoms with van der Waals surface area (Å²) in [6.45, 7) is 0. The molecule has 0 amide bonds. The highest BCUT2D eigenvalue weighted by Gasteiger charge is 2.43. The van der Waals surface area contributed by atoms with E-state index < -0.39 is 17.3 Å². The van der Waals surface area contributed by atoms with Crippen molar-refractivity contribution in [2.45, 2.75) is 11.7 Å². The van der Waals surface area contributed by atoms with Crippen molar-refractivity contribution in [2.24, 2.45) is 10.7 Å². The fourth-order valence-corrected chi connectivity index (χ4v) is 4.20. The molecule has 1 aromatic heterocycles. The second kappa shape index (κ2) is 7.30. The van der Waals surface area contributed by atoms with Crippen LogP contribution >= 0.6 is 0 Å². The lowest BCUT2D eigenvalue weighted by Crippen LogP contribution is -2.25. The van der Waals surface area contributed by atoms with Crippen LogP contribution in [-0.4, -0.2) is 15.8 Å². The Hall–Kier alpha value is -4.00. The van der Waals surface area contributed by atoms with Gasteiger partial charge in [-0.15, -0.1) is 0 Å². The average Bonchev–Trinajstić information content (AvgIpc) is 3.13. The van der Waals surface area contributed by atoms with E-state index in [2.05, 4.69) is 9.97 Å². The molecule has 0 spiro atoms. The molecule has 1 unspecified atom stereocenters. The van der Waals surface area contributed by atoms with Crippen molar-refractivity contribution in [3.8, 4) is 11.1 Å². The number of alkyl halides is 3. The highest BCUT2D eigenvalue weighted by molar-refractivity contribution is 6.03. The molecule has 1 aliphatic rings. The Bertz CT molecular complexity index is 1320. The van der Waals surface area contributed by atoms with Crippen LogP contribution in [0.2, 0.25) is 0 Å². The lowest BCUT2D eigenvalue weighted by molar-refractivity contribution is -0.137. The topological polar surface area (TPSA) is 64.2 Å². The van der Waals surface area contributed by atoms with Crippen LogP contribution in [0, 0.1) is 0 Å². The van der Waals surface area contributed by atoms with Gasteiger partial charge >= 0.3 is 6.18 Å². The lowest BCUT2D eigenvalue weighted by Gasteiger charge is -2.30. The Morgan fingerprint density at radius 2 is 1.47 bits per heavy atom. The lowest BCUT2D eigenvalue weighted by atomic mass is 9.77. The number of amidine groups is 1. The number of hydrogen-bond donors (Lipinski definition) is 1. The van der Waals surface area contributed by atoms with E-state index >= 15 is 0 Å². The summed E-state index contributed by atoms with van der Waals surface area (Å²) >= 11 is 0. The molecule has 0 aliphatic carbocycles. The first-order valence-electron chi connectivity index (χ1n) is 9.88. The maximum Gasteiger partial charge on any atom is 0.416 e. The normalized spacial score (nSPS) is 17.7. The van der Waals surface area contributed by atoms with E-state index in [9.17, 15) is 13.2 Å². The van der Waals surface area contributed by atoms with Crippen molar-refractivity contribution in [3.63, 3.8) is 0 Å². The summed E-state index contributed by atoms with van der Waals surface area (Å²) in [6, 6.07) is 20.3. The molecule has 158 valence electrons. The third-order valence-corrected chi connectivity index (χ3v) is 5.69. The monoisotopic (exact) mass is 430 g/mol. The summed E-state index contributed by atoms with van der Waals surface area (Å²) in [7, 11) is 0. The Morgan fingerprint density at radius 3 is 2.19 bits per heavy atom. The van der Waals surface area contributed by atoms with E-state index in [4.69, 9.17) is 10.7 Å². The summed E-state index contributed by atoms with van der Waals surface area (Å²) in [5.41, 5.74) is 9.16. The van der Waals surface area contributed by atoms with Gasteiger partial charge in [-0.05, 0) is 40.5 Å². The molecule has 0 saturated heterocycles. The minimum Gasteiger partial charge on any atom is -0.383 e. The number of rotatable bonds is 3. The van der Waals surface area contributed by atoms with Crippen molar-refractivity contribution in [3.05, 3.63) is 119 Å². The van der Waals surface area contributed by atoms with Crippen molar-refractivity contribution >= 4 is 5.84 Å². The minimum absolute atomic E-state index is 0.342. The quantitative estimate of drug-likeness (QED) is 0.488. The van der Waals surface area contributed by atoms with Crippen LogP contribution in [0.5, 0.6) is 0 Å². The summed E-state index contributed by atoms with van der Waals surface area (Å²) in [4.78, 5) is 13.0. The Morgan fingerprint density at radius 1 is 0.750 bits per heavy atom. The molecule has 7 heteroatoms. The summed E-state index contributed by atoms with van der Waals surface area (Å²) in [5.74, 6) is 0.342. The van der Waals surface area contributed by atoms with Crippen LogP contribution in [0.1, 0.15) is 27.8 Å². The van der Waals surface area contributed by atoms with Gasteiger partial charge in [0.05, 0.1) is 5.56 Å². The number of benzene rings is 3. The van der Waals surface area contributed by atoms with E-state index in [0.717, 1.165) is 39.9 Å². The third-order valence-electron chi connectivity index (χ3n) is 5.69. The molecule has 1 aliphatic heterocycles. The summed E-state index contributed by atoms with van der Waals surface area (Å²) < 4.78 is 39.6. The van der Waals surface area contributed by atoms with E-state index in [-0.39, 0.29) is 0 Å². The molecule has 0 fully saturated rings. The zero-order chi connectivity index (χ0) is 22.3. The van der Waals surface area contributed by atoms with E-state index in [1.807, 2.05) is 48.5 Å². The van der Waals surface area contributed by atoms with Gasteiger partial charge in [-0.1, -0.05) is 54.6 Å². The highest BCUT2D eigenvalue weighted by atomic mass is 19.4. The van der Waals surface area contributed by atoms with Gasteiger partial charge in [0.1, 0.15) is 17.7 Å². The SMILES string of the molecule is NC1=NC(c2ccc(C(F)(F)F)cc2)(c2cccc(-c3cncnc3)c2)c2ccccc21. The fraction of sp³-hybridized carbons (Fsp3) is 0.0800. The number of hydrogen-bond acceptors (Lipinski definition) is 4. The zero-order valence-electron chi connectivity index (χ0n) is 16.7.